The number of benzene rings is 1. The van der Waals surface area contributed by atoms with Gasteiger partial charge in [0.2, 0.25) is 0 Å². The number of anilines is 2. The molecule has 2 aromatic rings. The highest BCUT2D eigenvalue weighted by atomic mass is 32.2. The maximum absolute atomic E-state index is 6.09. The lowest BCUT2D eigenvalue weighted by Crippen LogP contribution is -2.29. The van der Waals surface area contributed by atoms with Gasteiger partial charge >= 0.3 is 0 Å². The van der Waals surface area contributed by atoms with Crippen molar-refractivity contribution in [3.05, 3.63) is 42.1 Å². The number of thioether (sulfide) groups is 2. The Morgan fingerprint density at radius 1 is 1.27 bits per heavy atom. The van der Waals surface area contributed by atoms with Gasteiger partial charge in [0.1, 0.15) is 10.8 Å². The summed E-state index contributed by atoms with van der Waals surface area (Å²) in [7, 11) is 3.35. The summed E-state index contributed by atoms with van der Waals surface area (Å²) >= 11 is 5.08. The highest BCUT2D eigenvalue weighted by molar-refractivity contribution is 8.15. The first-order chi connectivity index (χ1) is 16.2. The van der Waals surface area contributed by atoms with E-state index in [1.165, 1.54) is 17.5 Å². The van der Waals surface area contributed by atoms with Crippen LogP contribution in [0.5, 0.6) is 5.75 Å². The van der Waals surface area contributed by atoms with Crippen LogP contribution in [0.15, 0.2) is 46.5 Å². The molecule has 0 radical (unpaired) electrons. The minimum atomic E-state index is -0.256. The second-order valence-corrected chi connectivity index (χ2v) is 10.7. The highest BCUT2D eigenvalue weighted by Crippen LogP contribution is 2.41. The lowest BCUT2D eigenvalue weighted by atomic mass is 10.1. The average molecular weight is 507 g/mol. The topological polar surface area (TPSA) is 77.0 Å². The quantitative estimate of drug-likeness (QED) is 0.240. The maximum Gasteiger partial charge on any atom is 0.170 e. The Hall–Kier alpha value is -1.59. The van der Waals surface area contributed by atoms with E-state index in [1.54, 1.807) is 32.2 Å². The lowest BCUT2D eigenvalue weighted by molar-refractivity contribution is -0.0994. The number of hydrogen-bond acceptors (Lipinski definition) is 10. The molecule has 2 aliphatic rings. The summed E-state index contributed by atoms with van der Waals surface area (Å²) in [4.78, 5) is 9.20. The van der Waals surface area contributed by atoms with Gasteiger partial charge in [-0.1, -0.05) is 17.8 Å². The number of pyridine rings is 1. The molecular weight excluding hydrogens is 476 g/mol. The Morgan fingerprint density at radius 2 is 2.15 bits per heavy atom. The number of methoxy groups -OCH3 is 2. The number of aromatic nitrogens is 1. The first-order valence-electron chi connectivity index (χ1n) is 10.9. The van der Waals surface area contributed by atoms with E-state index in [0.717, 1.165) is 45.8 Å². The fourth-order valence-electron chi connectivity index (χ4n) is 3.81. The molecule has 0 fully saturated rings. The molecule has 0 aliphatic carbocycles. The minimum absolute atomic E-state index is 0.136. The number of rotatable bonds is 12. The van der Waals surface area contributed by atoms with Crippen molar-refractivity contribution in [3.8, 4) is 5.75 Å². The van der Waals surface area contributed by atoms with E-state index in [1.807, 2.05) is 30.0 Å². The van der Waals surface area contributed by atoms with Crippen molar-refractivity contribution in [1.29, 1.82) is 0 Å². The third-order valence-corrected chi connectivity index (χ3v) is 8.17. The molecule has 178 valence electrons. The van der Waals surface area contributed by atoms with Gasteiger partial charge in [0.25, 0.3) is 0 Å². The fourth-order valence-corrected chi connectivity index (χ4v) is 6.10. The van der Waals surface area contributed by atoms with Gasteiger partial charge in [-0.25, -0.2) is 4.98 Å². The summed E-state index contributed by atoms with van der Waals surface area (Å²) < 4.78 is 20.5. The predicted octanol–water partition coefficient (Wildman–Crippen LogP) is 4.80. The van der Waals surface area contributed by atoms with Crippen LogP contribution in [0, 0.1) is 0 Å². The normalized spacial score (nSPS) is 19.3. The molecule has 0 bridgehead atoms. The predicted molar refractivity (Wildman–Crippen MR) is 141 cm³/mol. The van der Waals surface area contributed by atoms with E-state index in [2.05, 4.69) is 33.4 Å². The number of nitrogens with one attached hydrogen (secondary N) is 2. The van der Waals surface area contributed by atoms with Crippen LogP contribution in [0.3, 0.4) is 0 Å². The van der Waals surface area contributed by atoms with E-state index in [0.29, 0.717) is 13.2 Å². The van der Waals surface area contributed by atoms with Crippen LogP contribution in [0.2, 0.25) is 0 Å². The van der Waals surface area contributed by atoms with E-state index >= 15 is 0 Å². The number of ether oxygens (including phenoxy) is 3. The number of fused-ring (bicyclic) bond motifs is 1. The van der Waals surface area contributed by atoms with E-state index in [-0.39, 0.29) is 17.6 Å². The molecule has 1 aromatic carbocycles. The molecule has 0 amide bonds. The third-order valence-electron chi connectivity index (χ3n) is 5.37. The zero-order valence-corrected chi connectivity index (χ0v) is 21.5. The van der Waals surface area contributed by atoms with E-state index < -0.39 is 0 Å². The molecule has 33 heavy (non-hydrogen) atoms. The van der Waals surface area contributed by atoms with Gasteiger partial charge < -0.3 is 24.2 Å². The van der Waals surface area contributed by atoms with Gasteiger partial charge in [0.15, 0.2) is 6.29 Å². The molecular formula is C23H30N4O3S3. The smallest absolute Gasteiger partial charge is 0.170 e. The van der Waals surface area contributed by atoms with Crippen LogP contribution in [0.4, 0.5) is 11.4 Å². The van der Waals surface area contributed by atoms with Gasteiger partial charge in [-0.2, -0.15) is 11.8 Å². The van der Waals surface area contributed by atoms with Crippen molar-refractivity contribution < 1.29 is 14.2 Å². The number of hydrogen-bond donors (Lipinski definition) is 2. The molecule has 1 aromatic heterocycles. The number of nitrogens with zero attached hydrogens (tertiary/aromatic N) is 2. The summed E-state index contributed by atoms with van der Waals surface area (Å²) in [5.74, 6) is 1.98. The van der Waals surface area contributed by atoms with Gasteiger partial charge in [-0.15, -0.1) is 0 Å². The summed E-state index contributed by atoms with van der Waals surface area (Å²) in [6, 6.07) is 10.3. The van der Waals surface area contributed by atoms with Crippen molar-refractivity contribution in [2.75, 3.05) is 49.4 Å². The van der Waals surface area contributed by atoms with Gasteiger partial charge in [0, 0.05) is 44.9 Å². The Labute approximate surface area is 208 Å². The Balaban J connectivity index is 1.48. The zero-order chi connectivity index (χ0) is 23.0. The molecule has 2 unspecified atom stereocenters. The third kappa shape index (κ3) is 6.30. The monoisotopic (exact) mass is 506 g/mol. The van der Waals surface area contributed by atoms with Crippen LogP contribution in [-0.2, 0) is 15.9 Å². The summed E-state index contributed by atoms with van der Waals surface area (Å²) in [6.45, 7) is 1.41. The number of aliphatic imine (C=N–C) groups is 1. The SMILES string of the molecule is COC(OC)C1CN=C(C2Cc3cc(OCCCSC)cc(NSc4ccccn4)c3N2)S1. The molecule has 3 heterocycles. The minimum Gasteiger partial charge on any atom is -0.493 e. The second kappa shape index (κ2) is 12.2. The largest absolute Gasteiger partial charge is 0.493 e. The van der Waals surface area contributed by atoms with Crippen molar-refractivity contribution in [2.45, 2.75) is 35.4 Å². The summed E-state index contributed by atoms with van der Waals surface area (Å²) in [5.41, 5.74) is 3.33. The highest BCUT2D eigenvalue weighted by Gasteiger charge is 2.35. The molecule has 0 saturated carbocycles. The Morgan fingerprint density at radius 3 is 2.91 bits per heavy atom. The van der Waals surface area contributed by atoms with E-state index in [4.69, 9.17) is 19.2 Å². The maximum atomic E-state index is 6.09. The molecule has 0 saturated heterocycles. The first kappa shape index (κ1) is 24.5. The van der Waals surface area contributed by atoms with Gasteiger partial charge in [-0.3, -0.25) is 4.99 Å². The van der Waals surface area contributed by atoms with Crippen molar-refractivity contribution in [1.82, 2.24) is 4.98 Å². The van der Waals surface area contributed by atoms with Crippen LogP contribution in [0.25, 0.3) is 0 Å². The molecule has 7 nitrogen and oxygen atoms in total. The Kier molecular flexibility index (Phi) is 9.08. The van der Waals surface area contributed by atoms with Crippen LogP contribution >= 0.6 is 35.5 Å². The van der Waals surface area contributed by atoms with Crippen LogP contribution in [-0.4, -0.2) is 67.0 Å². The molecule has 10 heteroatoms. The summed E-state index contributed by atoms with van der Waals surface area (Å²) in [5, 5.41) is 5.88. The van der Waals surface area contributed by atoms with Gasteiger partial charge in [-0.05, 0) is 42.2 Å². The average Bonchev–Trinajstić information content (AvgIpc) is 3.49. The van der Waals surface area contributed by atoms with Crippen molar-refractivity contribution >= 4 is 51.9 Å². The molecule has 2 atom stereocenters. The van der Waals surface area contributed by atoms with Gasteiger partial charge in [0.05, 0.1) is 40.9 Å². The summed E-state index contributed by atoms with van der Waals surface area (Å²) in [6.07, 6.45) is 5.55. The lowest BCUT2D eigenvalue weighted by Gasteiger charge is -2.20. The second-order valence-electron chi connectivity index (χ2n) is 7.65. The Bertz CT molecular complexity index is 944. The van der Waals surface area contributed by atoms with Crippen LogP contribution in [0.1, 0.15) is 12.0 Å². The standard InChI is InChI=1S/C23H30N4O3S3/c1-28-23(29-2)19-14-25-22(32-19)18-12-15-11-16(30-9-6-10-31-3)13-17(21(15)26-18)27-33-20-7-4-5-8-24-20/h4-5,7-8,11,13,18-19,23,26-27H,6,9-10,12,14H2,1-3H3. The fraction of sp³-hybridized carbons (Fsp3) is 0.478. The molecule has 2 aliphatic heterocycles. The van der Waals surface area contributed by atoms with Crippen molar-refractivity contribution in [3.63, 3.8) is 0 Å². The first-order valence-corrected chi connectivity index (χ1v) is 14.0. The zero-order valence-electron chi connectivity index (χ0n) is 19.1. The van der Waals surface area contributed by atoms with Crippen LogP contribution < -0.4 is 14.8 Å². The molecule has 4 rings (SSSR count). The van der Waals surface area contributed by atoms with E-state index in [9.17, 15) is 0 Å². The van der Waals surface area contributed by atoms with Crippen molar-refractivity contribution in [2.24, 2.45) is 4.99 Å². The molecule has 2 N–H and O–H groups in total. The molecule has 0 spiro atoms.